The first-order valence-electron chi connectivity index (χ1n) is 6.50. The van der Waals surface area contributed by atoms with Crippen LogP contribution >= 0.6 is 11.3 Å². The number of anilines is 1. The molecule has 0 unspecified atom stereocenters. The summed E-state index contributed by atoms with van der Waals surface area (Å²) in [5.41, 5.74) is 0. The zero-order chi connectivity index (χ0) is 14.3. The Balaban J connectivity index is 2.44. The molecule has 0 aliphatic carbocycles. The van der Waals surface area contributed by atoms with Crippen LogP contribution in [-0.2, 0) is 9.59 Å². The van der Waals surface area contributed by atoms with Gasteiger partial charge >= 0.3 is 0 Å². The normalized spacial score (nSPS) is 10.3. The maximum absolute atomic E-state index is 11.8. The van der Waals surface area contributed by atoms with Gasteiger partial charge in [-0.1, -0.05) is 19.8 Å². The minimum atomic E-state index is -0.193. The molecule has 0 spiro atoms. The predicted octanol–water partition coefficient (Wildman–Crippen LogP) is 2.43. The molecular formula is C13H21N3O2S. The Kier molecular flexibility index (Phi) is 6.49. The van der Waals surface area contributed by atoms with E-state index in [4.69, 9.17) is 0 Å². The van der Waals surface area contributed by atoms with Gasteiger partial charge in [0.25, 0.3) is 0 Å². The average Bonchev–Trinajstić information content (AvgIpc) is 2.73. The molecule has 0 saturated heterocycles. The van der Waals surface area contributed by atoms with E-state index in [-0.39, 0.29) is 18.4 Å². The van der Waals surface area contributed by atoms with Gasteiger partial charge in [0.1, 0.15) is 0 Å². The molecule has 1 N–H and O–H groups in total. The summed E-state index contributed by atoms with van der Waals surface area (Å²) in [7, 11) is 0. The lowest BCUT2D eigenvalue weighted by molar-refractivity contribution is -0.132. The van der Waals surface area contributed by atoms with Crippen LogP contribution in [0.3, 0.4) is 0 Å². The van der Waals surface area contributed by atoms with Gasteiger partial charge in [0, 0.05) is 24.5 Å². The molecule has 2 amide bonds. The van der Waals surface area contributed by atoms with Crippen molar-refractivity contribution in [3.8, 4) is 0 Å². The van der Waals surface area contributed by atoms with Crippen molar-refractivity contribution in [1.29, 1.82) is 0 Å². The second kappa shape index (κ2) is 7.89. The van der Waals surface area contributed by atoms with E-state index in [1.54, 1.807) is 11.1 Å². The molecule has 5 nitrogen and oxygen atoms in total. The topological polar surface area (TPSA) is 62.3 Å². The van der Waals surface area contributed by atoms with Gasteiger partial charge in [-0.05, 0) is 13.3 Å². The maximum Gasteiger partial charge on any atom is 0.245 e. The Labute approximate surface area is 118 Å². The van der Waals surface area contributed by atoms with Crippen LogP contribution in [0.25, 0.3) is 0 Å². The SMILES string of the molecule is CCCCCN(CC(=O)Nc1ncc(C)s1)C(C)=O. The second-order valence-electron chi connectivity index (χ2n) is 4.47. The third-order valence-corrected chi connectivity index (χ3v) is 3.51. The first kappa shape index (κ1) is 15.6. The van der Waals surface area contributed by atoms with Gasteiger partial charge in [0.05, 0.1) is 6.54 Å². The molecule has 1 aromatic heterocycles. The molecule has 1 rings (SSSR count). The van der Waals surface area contributed by atoms with E-state index < -0.39 is 0 Å². The molecule has 0 aliphatic heterocycles. The number of hydrogen-bond acceptors (Lipinski definition) is 4. The molecule has 0 aromatic carbocycles. The summed E-state index contributed by atoms with van der Waals surface area (Å²) >= 11 is 1.43. The third kappa shape index (κ3) is 5.83. The standard InChI is InChI=1S/C13H21N3O2S/c1-4-5-6-7-16(11(3)17)9-12(18)15-13-14-8-10(2)19-13/h8H,4-7,9H2,1-3H3,(H,14,15,18). The Morgan fingerprint density at radius 1 is 1.42 bits per heavy atom. The Morgan fingerprint density at radius 3 is 2.68 bits per heavy atom. The molecule has 0 radical (unpaired) electrons. The van der Waals surface area contributed by atoms with Crippen LogP contribution in [-0.4, -0.2) is 34.8 Å². The minimum absolute atomic E-state index is 0.0680. The van der Waals surface area contributed by atoms with Crippen molar-refractivity contribution in [2.45, 2.75) is 40.0 Å². The molecule has 106 valence electrons. The number of thiazole rings is 1. The lowest BCUT2D eigenvalue weighted by atomic mass is 10.2. The fraction of sp³-hybridized carbons (Fsp3) is 0.615. The molecule has 0 saturated carbocycles. The number of carbonyl (C=O) groups is 2. The van der Waals surface area contributed by atoms with E-state index in [9.17, 15) is 9.59 Å². The van der Waals surface area contributed by atoms with Crippen molar-refractivity contribution in [2.75, 3.05) is 18.4 Å². The van der Waals surface area contributed by atoms with Crippen molar-refractivity contribution >= 4 is 28.3 Å². The van der Waals surface area contributed by atoms with Gasteiger partial charge in [-0.3, -0.25) is 9.59 Å². The fourth-order valence-corrected chi connectivity index (χ4v) is 2.33. The highest BCUT2D eigenvalue weighted by Crippen LogP contribution is 2.16. The van der Waals surface area contributed by atoms with Crippen LogP contribution in [0.2, 0.25) is 0 Å². The molecule has 19 heavy (non-hydrogen) atoms. The van der Waals surface area contributed by atoms with Crippen molar-refractivity contribution in [2.24, 2.45) is 0 Å². The summed E-state index contributed by atoms with van der Waals surface area (Å²) in [5, 5.41) is 3.30. The number of rotatable bonds is 7. The van der Waals surface area contributed by atoms with Crippen LogP contribution in [0.5, 0.6) is 0 Å². The minimum Gasteiger partial charge on any atom is -0.334 e. The number of unbranched alkanes of at least 4 members (excludes halogenated alkanes) is 2. The smallest absolute Gasteiger partial charge is 0.245 e. The first-order chi connectivity index (χ1) is 9.02. The zero-order valence-electron chi connectivity index (χ0n) is 11.7. The van der Waals surface area contributed by atoms with E-state index in [0.717, 1.165) is 24.1 Å². The van der Waals surface area contributed by atoms with Crippen molar-refractivity contribution in [3.63, 3.8) is 0 Å². The Morgan fingerprint density at radius 2 is 2.16 bits per heavy atom. The molecule has 0 atom stereocenters. The third-order valence-electron chi connectivity index (χ3n) is 2.68. The van der Waals surface area contributed by atoms with Crippen LogP contribution in [0.1, 0.15) is 38.0 Å². The number of hydrogen-bond donors (Lipinski definition) is 1. The quantitative estimate of drug-likeness (QED) is 0.782. The summed E-state index contributed by atoms with van der Waals surface area (Å²) in [6.07, 6.45) is 4.80. The van der Waals surface area contributed by atoms with Crippen LogP contribution in [0.15, 0.2) is 6.20 Å². The molecule has 0 aliphatic rings. The van der Waals surface area contributed by atoms with Gasteiger partial charge in [0.2, 0.25) is 11.8 Å². The number of carbonyl (C=O) groups excluding carboxylic acids is 2. The van der Waals surface area contributed by atoms with E-state index in [1.807, 2.05) is 6.92 Å². The molecule has 1 aromatic rings. The van der Waals surface area contributed by atoms with Crippen molar-refractivity contribution in [3.05, 3.63) is 11.1 Å². The van der Waals surface area contributed by atoms with Crippen LogP contribution < -0.4 is 5.32 Å². The number of aromatic nitrogens is 1. The number of amides is 2. The highest BCUT2D eigenvalue weighted by atomic mass is 32.1. The largest absolute Gasteiger partial charge is 0.334 e. The summed E-state index contributed by atoms with van der Waals surface area (Å²) in [5.74, 6) is -0.261. The fourth-order valence-electron chi connectivity index (χ4n) is 1.65. The lowest BCUT2D eigenvalue weighted by Gasteiger charge is -2.19. The van der Waals surface area contributed by atoms with Crippen molar-refractivity contribution in [1.82, 2.24) is 9.88 Å². The van der Waals surface area contributed by atoms with E-state index in [1.165, 1.54) is 18.3 Å². The summed E-state index contributed by atoms with van der Waals surface area (Å²) in [4.78, 5) is 30.0. The maximum atomic E-state index is 11.8. The summed E-state index contributed by atoms with van der Waals surface area (Å²) in [6.45, 7) is 6.26. The zero-order valence-corrected chi connectivity index (χ0v) is 12.5. The van der Waals surface area contributed by atoms with Crippen molar-refractivity contribution < 1.29 is 9.59 Å². The number of nitrogens with zero attached hydrogens (tertiary/aromatic N) is 2. The first-order valence-corrected chi connectivity index (χ1v) is 7.32. The van der Waals surface area contributed by atoms with Gasteiger partial charge in [-0.25, -0.2) is 4.98 Å². The molecule has 1 heterocycles. The van der Waals surface area contributed by atoms with Gasteiger partial charge in [-0.2, -0.15) is 0 Å². The molecule has 6 heteroatoms. The van der Waals surface area contributed by atoms with Crippen LogP contribution in [0, 0.1) is 6.92 Å². The highest BCUT2D eigenvalue weighted by Gasteiger charge is 2.14. The van der Waals surface area contributed by atoms with Gasteiger partial charge in [0.15, 0.2) is 5.13 Å². The van der Waals surface area contributed by atoms with Crippen LogP contribution in [0.4, 0.5) is 5.13 Å². The van der Waals surface area contributed by atoms with E-state index >= 15 is 0 Å². The number of aryl methyl sites for hydroxylation is 1. The van der Waals surface area contributed by atoms with E-state index in [2.05, 4.69) is 17.2 Å². The molecule has 0 fully saturated rings. The van der Waals surface area contributed by atoms with Gasteiger partial charge < -0.3 is 10.2 Å². The Hall–Kier alpha value is -1.43. The second-order valence-corrected chi connectivity index (χ2v) is 5.71. The summed E-state index contributed by atoms with van der Waals surface area (Å²) in [6, 6.07) is 0. The highest BCUT2D eigenvalue weighted by molar-refractivity contribution is 7.15. The molecule has 0 bridgehead atoms. The average molecular weight is 283 g/mol. The monoisotopic (exact) mass is 283 g/mol. The summed E-state index contributed by atoms with van der Waals surface area (Å²) < 4.78 is 0. The molecular weight excluding hydrogens is 262 g/mol. The van der Waals surface area contributed by atoms with Gasteiger partial charge in [-0.15, -0.1) is 11.3 Å². The number of nitrogens with one attached hydrogen (secondary N) is 1. The van der Waals surface area contributed by atoms with E-state index in [0.29, 0.717) is 11.7 Å². The lowest BCUT2D eigenvalue weighted by Crippen LogP contribution is -2.37. The predicted molar refractivity (Wildman–Crippen MR) is 77.3 cm³/mol. The Bertz CT molecular complexity index is 431.